The summed E-state index contributed by atoms with van der Waals surface area (Å²) in [6.45, 7) is 9.67. The number of para-hydroxylation sites is 1. The summed E-state index contributed by atoms with van der Waals surface area (Å²) >= 11 is 0. The number of benzene rings is 1. The molecule has 0 spiro atoms. The lowest BCUT2D eigenvalue weighted by Crippen LogP contribution is -2.40. The summed E-state index contributed by atoms with van der Waals surface area (Å²) < 4.78 is 7.49. The van der Waals surface area contributed by atoms with Crippen molar-refractivity contribution >= 4 is 28.8 Å². The van der Waals surface area contributed by atoms with E-state index in [1.165, 1.54) is 0 Å². The van der Waals surface area contributed by atoms with Crippen LogP contribution >= 0.6 is 0 Å². The third-order valence-electron chi connectivity index (χ3n) is 4.34. The summed E-state index contributed by atoms with van der Waals surface area (Å²) in [5, 5.41) is 0.936. The Kier molecular flexibility index (Phi) is 5.11. The van der Waals surface area contributed by atoms with Gasteiger partial charge in [0, 0.05) is 31.4 Å². The minimum absolute atomic E-state index is 0.618. The molecule has 0 aliphatic carbocycles. The normalized spacial score (nSPS) is 15.7. The Morgan fingerprint density at radius 3 is 2.75 bits per heavy atom. The van der Waals surface area contributed by atoms with E-state index in [0.29, 0.717) is 12.1 Å². The van der Waals surface area contributed by atoms with Crippen molar-refractivity contribution in [3.05, 3.63) is 42.5 Å². The minimum atomic E-state index is 0.618. The number of fused-ring (bicyclic) bond motifs is 1. The highest BCUT2D eigenvalue weighted by Gasteiger charge is 2.19. The molecule has 0 unspecified atom stereocenters. The zero-order valence-electron chi connectivity index (χ0n) is 14.1. The van der Waals surface area contributed by atoms with Crippen molar-refractivity contribution in [1.82, 2.24) is 9.47 Å². The second kappa shape index (κ2) is 7.45. The molecule has 3 rings (SSSR count). The molecule has 5 nitrogen and oxygen atoms in total. The lowest BCUT2D eigenvalue weighted by Gasteiger charge is -2.29. The highest BCUT2D eigenvalue weighted by Crippen LogP contribution is 2.32. The Bertz CT molecular complexity index is 770. The molecule has 5 heteroatoms. The predicted molar refractivity (Wildman–Crippen MR) is 97.3 cm³/mol. The van der Waals surface area contributed by atoms with E-state index in [0.717, 1.165) is 61.6 Å². The van der Waals surface area contributed by atoms with Crippen LogP contribution in [0.15, 0.2) is 41.9 Å². The van der Waals surface area contributed by atoms with Crippen LogP contribution in [0, 0.1) is 0 Å². The Balaban J connectivity index is 2.15. The van der Waals surface area contributed by atoms with Gasteiger partial charge in [-0.1, -0.05) is 31.2 Å². The fourth-order valence-electron chi connectivity index (χ4n) is 3.18. The van der Waals surface area contributed by atoms with Crippen LogP contribution in [-0.4, -0.2) is 47.9 Å². The summed E-state index contributed by atoms with van der Waals surface area (Å²) in [5.74, 6) is 1.71. The van der Waals surface area contributed by atoms with Crippen LogP contribution in [-0.2, 0) is 11.3 Å². The summed E-state index contributed by atoms with van der Waals surface area (Å²) in [4.78, 5) is 18.9. The lowest BCUT2D eigenvalue weighted by molar-refractivity contribution is 0.0673. The average molecular weight is 325 g/mol. The Labute approximate surface area is 142 Å². The molecule has 1 aromatic carbocycles. The molecular formula is C19H23N3O2. The van der Waals surface area contributed by atoms with Crippen molar-refractivity contribution in [2.75, 3.05) is 26.3 Å². The number of carbonyl (C=O) groups is 1. The van der Waals surface area contributed by atoms with Gasteiger partial charge in [-0.3, -0.25) is 4.79 Å². The first-order valence-electron chi connectivity index (χ1n) is 8.37. The fourth-order valence-corrected chi connectivity index (χ4v) is 3.18. The maximum atomic E-state index is 11.8. The van der Waals surface area contributed by atoms with Crippen LogP contribution in [0.25, 0.3) is 10.9 Å². The monoisotopic (exact) mass is 325 g/mol. The number of nitrogens with zero attached hydrogens (tertiary/aromatic N) is 3. The summed E-state index contributed by atoms with van der Waals surface area (Å²) in [5.41, 5.74) is 1.65. The molecule has 0 amide bonds. The van der Waals surface area contributed by atoms with Gasteiger partial charge in [-0.2, -0.15) is 0 Å². The number of hydrogen-bond acceptors (Lipinski definition) is 3. The molecule has 0 saturated carbocycles. The van der Waals surface area contributed by atoms with E-state index in [1.807, 2.05) is 30.3 Å². The first-order chi connectivity index (χ1) is 11.8. The first-order valence-corrected chi connectivity index (χ1v) is 8.37. The van der Waals surface area contributed by atoms with Gasteiger partial charge in [0.1, 0.15) is 11.7 Å². The molecule has 1 aromatic heterocycles. The van der Waals surface area contributed by atoms with Crippen LogP contribution in [0.5, 0.6) is 0 Å². The van der Waals surface area contributed by atoms with Crippen LogP contribution in [0.2, 0.25) is 0 Å². The lowest BCUT2D eigenvalue weighted by atomic mass is 10.2. The maximum absolute atomic E-state index is 11.8. The van der Waals surface area contributed by atoms with Crippen molar-refractivity contribution in [3.63, 3.8) is 0 Å². The highest BCUT2D eigenvalue weighted by molar-refractivity contribution is 6.04. The molecule has 24 heavy (non-hydrogen) atoms. The number of hydrogen-bond donors (Lipinski definition) is 0. The zero-order chi connectivity index (χ0) is 16.9. The van der Waals surface area contributed by atoms with Crippen molar-refractivity contribution in [1.29, 1.82) is 0 Å². The van der Waals surface area contributed by atoms with Crippen LogP contribution in [0.4, 0.5) is 5.82 Å². The highest BCUT2D eigenvalue weighted by atomic mass is 16.5. The van der Waals surface area contributed by atoms with Gasteiger partial charge in [0.2, 0.25) is 0 Å². The van der Waals surface area contributed by atoms with E-state index >= 15 is 0 Å². The predicted octanol–water partition coefficient (Wildman–Crippen LogP) is 3.41. The third-order valence-corrected chi connectivity index (χ3v) is 4.34. The topological polar surface area (TPSA) is 46.8 Å². The number of ether oxygens (including phenoxy) is 1. The number of amidine groups is 1. The van der Waals surface area contributed by atoms with E-state index in [1.54, 1.807) is 0 Å². The van der Waals surface area contributed by atoms with Gasteiger partial charge < -0.3 is 14.2 Å². The average Bonchev–Trinajstić information content (AvgIpc) is 2.93. The molecule has 1 fully saturated rings. The van der Waals surface area contributed by atoms with Crippen LogP contribution in [0.1, 0.15) is 23.7 Å². The largest absolute Gasteiger partial charge is 0.378 e. The Hall–Kier alpha value is -2.40. The smallest absolute Gasteiger partial charge is 0.154 e. The summed E-state index contributed by atoms with van der Waals surface area (Å²) in [6.07, 6.45) is 3.56. The molecule has 2 heterocycles. The van der Waals surface area contributed by atoms with Crippen LogP contribution < -0.4 is 0 Å². The van der Waals surface area contributed by atoms with Gasteiger partial charge in [0.05, 0.1) is 24.3 Å². The number of aldehydes is 1. The van der Waals surface area contributed by atoms with E-state index in [-0.39, 0.29) is 0 Å². The molecule has 0 radical (unpaired) electrons. The van der Waals surface area contributed by atoms with Gasteiger partial charge in [0.25, 0.3) is 0 Å². The zero-order valence-corrected chi connectivity index (χ0v) is 14.1. The van der Waals surface area contributed by atoms with Gasteiger partial charge in [-0.05, 0) is 6.07 Å². The Morgan fingerprint density at radius 2 is 2.08 bits per heavy atom. The Morgan fingerprint density at radius 1 is 1.33 bits per heavy atom. The van der Waals surface area contributed by atoms with Gasteiger partial charge in [-0.15, -0.1) is 6.58 Å². The fraction of sp³-hybridized carbons (Fsp3) is 0.368. The van der Waals surface area contributed by atoms with E-state index in [4.69, 9.17) is 9.73 Å². The quantitative estimate of drug-likeness (QED) is 0.366. The number of rotatable bonds is 5. The first kappa shape index (κ1) is 16.5. The van der Waals surface area contributed by atoms with Crippen molar-refractivity contribution in [2.24, 2.45) is 4.99 Å². The molecule has 0 N–H and O–H groups in total. The van der Waals surface area contributed by atoms with Gasteiger partial charge >= 0.3 is 0 Å². The number of morpholine rings is 1. The summed E-state index contributed by atoms with van der Waals surface area (Å²) in [6, 6.07) is 7.92. The SMILES string of the molecule is C=CCn1c(/N=C(\CC)N2CCOCC2)c(C=O)c2ccccc21. The summed E-state index contributed by atoms with van der Waals surface area (Å²) in [7, 11) is 0. The van der Waals surface area contributed by atoms with E-state index in [2.05, 4.69) is 23.0 Å². The molecule has 0 bridgehead atoms. The molecule has 1 saturated heterocycles. The molecule has 2 aromatic rings. The molecule has 1 aliphatic heterocycles. The second-order valence-electron chi connectivity index (χ2n) is 5.75. The molecule has 126 valence electrons. The third kappa shape index (κ3) is 2.99. The number of aliphatic imine (C=N–C) groups is 1. The van der Waals surface area contributed by atoms with Crippen molar-refractivity contribution in [3.8, 4) is 0 Å². The minimum Gasteiger partial charge on any atom is -0.378 e. The van der Waals surface area contributed by atoms with Crippen LogP contribution in [0.3, 0.4) is 0 Å². The second-order valence-corrected chi connectivity index (χ2v) is 5.75. The van der Waals surface area contributed by atoms with Gasteiger partial charge in [-0.25, -0.2) is 4.99 Å². The van der Waals surface area contributed by atoms with Crippen molar-refractivity contribution in [2.45, 2.75) is 19.9 Å². The number of carbonyl (C=O) groups excluding carboxylic acids is 1. The number of aromatic nitrogens is 1. The standard InChI is InChI=1S/C19H23N3O2/c1-3-9-22-17-8-6-5-7-15(17)16(14-23)19(22)20-18(4-2)21-10-12-24-13-11-21/h3,5-8,14H,1,4,9-13H2,2H3/b20-18+. The molecule has 1 aliphatic rings. The van der Waals surface area contributed by atoms with Gasteiger partial charge in [0.15, 0.2) is 6.29 Å². The number of allylic oxidation sites excluding steroid dienone is 1. The molecular weight excluding hydrogens is 302 g/mol. The van der Waals surface area contributed by atoms with Crippen molar-refractivity contribution < 1.29 is 9.53 Å². The van der Waals surface area contributed by atoms with E-state index < -0.39 is 0 Å². The maximum Gasteiger partial charge on any atom is 0.154 e. The molecule has 0 atom stereocenters. The van der Waals surface area contributed by atoms with E-state index in [9.17, 15) is 4.79 Å².